The van der Waals surface area contributed by atoms with Crippen molar-refractivity contribution in [1.82, 2.24) is 4.90 Å². The molecule has 0 aliphatic rings. The third-order valence-corrected chi connectivity index (χ3v) is 2.92. The number of rotatable bonds is 7. The van der Waals surface area contributed by atoms with Crippen LogP contribution in [0, 0.1) is 5.82 Å². The second kappa shape index (κ2) is 8.36. The summed E-state index contributed by atoms with van der Waals surface area (Å²) in [5.74, 6) is -1.01. The second-order valence-corrected chi connectivity index (χ2v) is 4.82. The zero-order valence-corrected chi connectivity index (χ0v) is 12.2. The van der Waals surface area contributed by atoms with E-state index in [-0.39, 0.29) is 37.7 Å². The lowest BCUT2D eigenvalue weighted by Gasteiger charge is -2.23. The van der Waals surface area contributed by atoms with Crippen molar-refractivity contribution >= 4 is 11.9 Å². The number of carbonyl (C=O) groups excluding carboxylic acids is 2. The van der Waals surface area contributed by atoms with E-state index in [1.807, 2.05) is 0 Å². The number of methoxy groups -OCH3 is 1. The zero-order valence-electron chi connectivity index (χ0n) is 12.2. The molecule has 1 unspecified atom stereocenters. The summed E-state index contributed by atoms with van der Waals surface area (Å²) in [6, 6.07) is 5.65. The molecule has 0 aliphatic carbocycles. The van der Waals surface area contributed by atoms with E-state index in [1.54, 1.807) is 6.92 Å². The molecule has 1 amide bonds. The van der Waals surface area contributed by atoms with Gasteiger partial charge in [-0.25, -0.2) is 4.39 Å². The molecule has 0 spiro atoms. The minimum Gasteiger partial charge on any atom is -0.469 e. The van der Waals surface area contributed by atoms with E-state index in [1.165, 1.54) is 36.3 Å². The Bertz CT molecular complexity index is 473. The number of carbonyl (C=O) groups is 2. The maximum Gasteiger partial charge on any atom is 0.307 e. The average Bonchev–Trinajstić information content (AvgIpc) is 2.45. The highest BCUT2D eigenvalue weighted by Gasteiger charge is 2.17. The molecule has 0 bridgehead atoms. The summed E-state index contributed by atoms with van der Waals surface area (Å²) in [7, 11) is 1.28. The minimum absolute atomic E-state index is 0.0678. The van der Waals surface area contributed by atoms with Crippen LogP contribution in [0.25, 0.3) is 0 Å². The molecule has 1 aromatic carbocycles. The van der Waals surface area contributed by atoms with Crippen LogP contribution in [0.2, 0.25) is 0 Å². The molecule has 1 rings (SSSR count). The predicted molar refractivity (Wildman–Crippen MR) is 75.0 cm³/mol. The number of aliphatic hydroxyl groups is 1. The van der Waals surface area contributed by atoms with Gasteiger partial charge >= 0.3 is 5.97 Å². The molecular formula is C15H20FNO4. The topological polar surface area (TPSA) is 66.8 Å². The molecule has 0 saturated heterocycles. The predicted octanol–water partition coefficient (Wildman–Crippen LogP) is 1.14. The van der Waals surface area contributed by atoms with Gasteiger partial charge in [-0.3, -0.25) is 9.59 Å². The van der Waals surface area contributed by atoms with Crippen LogP contribution in [0.15, 0.2) is 24.3 Å². The lowest BCUT2D eigenvalue weighted by molar-refractivity contribution is -0.142. The molecule has 0 aromatic heterocycles. The molecular weight excluding hydrogens is 277 g/mol. The number of hydrogen-bond donors (Lipinski definition) is 1. The van der Waals surface area contributed by atoms with Gasteiger partial charge in [0.25, 0.3) is 0 Å². The van der Waals surface area contributed by atoms with Crippen LogP contribution in [-0.4, -0.2) is 48.2 Å². The number of halogens is 1. The first-order chi connectivity index (χ1) is 9.92. The first kappa shape index (κ1) is 17.1. The molecule has 0 heterocycles. The second-order valence-electron chi connectivity index (χ2n) is 4.82. The Kier molecular flexibility index (Phi) is 6.81. The van der Waals surface area contributed by atoms with Crippen LogP contribution in [0.5, 0.6) is 0 Å². The summed E-state index contributed by atoms with van der Waals surface area (Å²) in [6.45, 7) is 1.88. The Morgan fingerprint density at radius 3 is 2.48 bits per heavy atom. The van der Waals surface area contributed by atoms with Crippen molar-refractivity contribution in [1.29, 1.82) is 0 Å². The number of amides is 1. The van der Waals surface area contributed by atoms with E-state index in [9.17, 15) is 19.1 Å². The number of benzene rings is 1. The molecule has 21 heavy (non-hydrogen) atoms. The van der Waals surface area contributed by atoms with Crippen molar-refractivity contribution in [2.24, 2.45) is 0 Å². The largest absolute Gasteiger partial charge is 0.469 e. The van der Waals surface area contributed by atoms with Gasteiger partial charge in [-0.05, 0) is 24.6 Å². The van der Waals surface area contributed by atoms with Gasteiger partial charge in [-0.2, -0.15) is 0 Å². The van der Waals surface area contributed by atoms with Gasteiger partial charge in [0.1, 0.15) is 5.82 Å². The Hall–Kier alpha value is -1.95. The van der Waals surface area contributed by atoms with Crippen LogP contribution < -0.4 is 0 Å². The van der Waals surface area contributed by atoms with Gasteiger partial charge in [-0.15, -0.1) is 0 Å². The zero-order chi connectivity index (χ0) is 15.8. The van der Waals surface area contributed by atoms with Crippen molar-refractivity contribution in [3.05, 3.63) is 35.6 Å². The molecule has 0 radical (unpaired) electrons. The highest BCUT2D eigenvalue weighted by atomic mass is 19.1. The summed E-state index contributed by atoms with van der Waals surface area (Å²) in [5, 5.41) is 9.44. The maximum absolute atomic E-state index is 12.8. The molecule has 0 saturated carbocycles. The van der Waals surface area contributed by atoms with E-state index in [0.29, 0.717) is 5.56 Å². The summed E-state index contributed by atoms with van der Waals surface area (Å²) in [5.41, 5.74) is 0.676. The molecule has 116 valence electrons. The fourth-order valence-corrected chi connectivity index (χ4v) is 1.85. The highest BCUT2D eigenvalue weighted by Crippen LogP contribution is 2.07. The summed E-state index contributed by atoms with van der Waals surface area (Å²) >= 11 is 0. The Labute approximate surface area is 123 Å². The average molecular weight is 297 g/mol. The van der Waals surface area contributed by atoms with Crippen molar-refractivity contribution in [2.45, 2.75) is 25.9 Å². The highest BCUT2D eigenvalue weighted by molar-refractivity contribution is 5.79. The lowest BCUT2D eigenvalue weighted by atomic mass is 10.1. The lowest BCUT2D eigenvalue weighted by Crippen LogP contribution is -2.39. The molecule has 1 N–H and O–H groups in total. The van der Waals surface area contributed by atoms with E-state index in [2.05, 4.69) is 4.74 Å². The van der Waals surface area contributed by atoms with Crippen LogP contribution in [0.1, 0.15) is 18.9 Å². The minimum atomic E-state index is -0.695. The molecule has 1 atom stereocenters. The van der Waals surface area contributed by atoms with Crippen LogP contribution >= 0.6 is 0 Å². The smallest absolute Gasteiger partial charge is 0.307 e. The van der Waals surface area contributed by atoms with Crippen LogP contribution in [0.3, 0.4) is 0 Å². The van der Waals surface area contributed by atoms with E-state index in [4.69, 9.17) is 0 Å². The van der Waals surface area contributed by atoms with E-state index in [0.717, 1.165) is 0 Å². The quantitative estimate of drug-likeness (QED) is 0.766. The summed E-state index contributed by atoms with van der Waals surface area (Å²) in [4.78, 5) is 24.8. The number of ether oxygens (including phenoxy) is 1. The van der Waals surface area contributed by atoms with Crippen molar-refractivity contribution < 1.29 is 23.8 Å². The first-order valence-corrected chi connectivity index (χ1v) is 6.69. The standard InChI is InChI=1S/C15H20FNO4/c1-11(18)10-17(8-7-15(20)21-2)14(19)9-12-3-5-13(16)6-4-12/h3-6,11,18H,7-10H2,1-2H3. The van der Waals surface area contributed by atoms with Crippen molar-refractivity contribution in [3.63, 3.8) is 0 Å². The van der Waals surface area contributed by atoms with Crippen LogP contribution in [-0.2, 0) is 20.7 Å². The van der Waals surface area contributed by atoms with Gasteiger partial charge in [-0.1, -0.05) is 12.1 Å². The fraction of sp³-hybridized carbons (Fsp3) is 0.467. The third kappa shape index (κ3) is 6.35. The molecule has 1 aromatic rings. The monoisotopic (exact) mass is 297 g/mol. The Balaban J connectivity index is 2.65. The molecule has 5 nitrogen and oxygen atoms in total. The van der Waals surface area contributed by atoms with E-state index >= 15 is 0 Å². The summed E-state index contributed by atoms with van der Waals surface area (Å²) < 4.78 is 17.4. The third-order valence-electron chi connectivity index (χ3n) is 2.92. The SMILES string of the molecule is COC(=O)CCN(CC(C)O)C(=O)Cc1ccc(F)cc1. The molecule has 0 aliphatic heterocycles. The Morgan fingerprint density at radius 2 is 1.95 bits per heavy atom. The number of hydrogen-bond acceptors (Lipinski definition) is 4. The summed E-state index contributed by atoms with van der Waals surface area (Å²) in [6.07, 6.45) is -0.535. The van der Waals surface area contributed by atoms with Crippen molar-refractivity contribution in [2.75, 3.05) is 20.2 Å². The van der Waals surface area contributed by atoms with Crippen LogP contribution in [0.4, 0.5) is 4.39 Å². The Morgan fingerprint density at radius 1 is 1.33 bits per heavy atom. The van der Waals surface area contributed by atoms with Gasteiger partial charge in [0, 0.05) is 13.1 Å². The number of esters is 1. The molecule has 0 fully saturated rings. The van der Waals surface area contributed by atoms with Gasteiger partial charge in [0.05, 0.1) is 26.1 Å². The van der Waals surface area contributed by atoms with Gasteiger partial charge in [0.2, 0.25) is 5.91 Å². The van der Waals surface area contributed by atoms with Gasteiger partial charge in [0.15, 0.2) is 0 Å². The molecule has 6 heteroatoms. The maximum atomic E-state index is 12.8. The fourth-order valence-electron chi connectivity index (χ4n) is 1.85. The number of nitrogens with zero attached hydrogens (tertiary/aromatic N) is 1. The van der Waals surface area contributed by atoms with Gasteiger partial charge < -0.3 is 14.7 Å². The normalized spacial score (nSPS) is 11.8. The number of aliphatic hydroxyl groups excluding tert-OH is 1. The van der Waals surface area contributed by atoms with Crippen molar-refractivity contribution in [3.8, 4) is 0 Å². The first-order valence-electron chi connectivity index (χ1n) is 6.69. The van der Waals surface area contributed by atoms with E-state index < -0.39 is 12.1 Å².